The fourth-order valence-electron chi connectivity index (χ4n) is 0. The Bertz CT molecular complexity index is 80.1. The highest BCUT2D eigenvalue weighted by Gasteiger charge is 1.85. The molecule has 0 saturated heterocycles. The van der Waals surface area contributed by atoms with Gasteiger partial charge in [0.2, 0.25) is 0 Å². The molecule has 3 heteroatoms. The summed E-state index contributed by atoms with van der Waals surface area (Å²) in [5.41, 5.74) is 0. The molecule has 0 fully saturated rings. The molecule has 0 heterocycles. The van der Waals surface area contributed by atoms with Crippen LogP contribution in [0.4, 0.5) is 0 Å². The van der Waals surface area contributed by atoms with Gasteiger partial charge in [0.15, 0.2) is 0 Å². The lowest BCUT2D eigenvalue weighted by molar-refractivity contribution is 1.57. The highest BCUT2D eigenvalue weighted by Crippen LogP contribution is 1.75. The number of nitrogens with one attached hydrogen (secondary N) is 1. The van der Waals surface area contributed by atoms with Crippen LogP contribution in [0.25, 0.3) is 4.85 Å². The smallest absolute Gasteiger partial charge is 0.145 e. The van der Waals surface area contributed by atoms with E-state index >= 15 is 0 Å². The van der Waals surface area contributed by atoms with Crippen LogP contribution in [0.15, 0.2) is 0 Å². The summed E-state index contributed by atoms with van der Waals surface area (Å²) in [6.45, 7) is 4.44. The van der Waals surface area contributed by atoms with Crippen molar-refractivity contribution in [3.63, 3.8) is 0 Å². The van der Waals surface area contributed by atoms with Gasteiger partial charge in [-0.1, -0.05) is 5.41 Å². The zero-order valence-corrected chi connectivity index (χ0v) is 3.16. The van der Waals surface area contributed by atoms with Crippen molar-refractivity contribution in [1.29, 1.82) is 5.41 Å². The van der Waals surface area contributed by atoms with E-state index in [-0.39, 0.29) is 5.29 Å². The highest BCUT2D eigenvalue weighted by atomic mass is 35.5. The molecule has 5 heavy (non-hydrogen) atoms. The number of halogens is 1. The SMILES string of the molecule is C#[N+]C(=N)Cl. The van der Waals surface area contributed by atoms with Gasteiger partial charge in [-0.15, -0.1) is 4.85 Å². The first kappa shape index (κ1) is 4.45. The van der Waals surface area contributed by atoms with Crippen molar-refractivity contribution < 1.29 is 0 Å². The van der Waals surface area contributed by atoms with Crippen LogP contribution in [0.3, 0.4) is 0 Å². The molecule has 0 aliphatic carbocycles. The molecule has 0 spiro atoms. The van der Waals surface area contributed by atoms with Gasteiger partial charge in [0.1, 0.15) is 6.57 Å². The molecule has 0 saturated carbocycles. The molecule has 26 valence electrons. The zero-order chi connectivity index (χ0) is 4.28. The summed E-state index contributed by atoms with van der Waals surface area (Å²) < 4.78 is 0. The molecule has 0 rings (SSSR count). The number of hydrogen-bond acceptors (Lipinski definition) is 1. The number of amidine groups is 1. The van der Waals surface area contributed by atoms with E-state index in [2.05, 4.69) is 11.4 Å². The van der Waals surface area contributed by atoms with Crippen LogP contribution in [-0.2, 0) is 0 Å². The van der Waals surface area contributed by atoms with Gasteiger partial charge in [-0.05, 0) is 0 Å². The Morgan fingerprint density at radius 1 is 2.00 bits per heavy atom. The first-order chi connectivity index (χ1) is 2.27. The lowest BCUT2D eigenvalue weighted by atomic mass is 11.3. The lowest BCUT2D eigenvalue weighted by Crippen LogP contribution is -1.60. The van der Waals surface area contributed by atoms with Crippen LogP contribution >= 0.6 is 11.6 Å². The summed E-state index contributed by atoms with van der Waals surface area (Å²) in [7, 11) is 0. The summed E-state index contributed by atoms with van der Waals surface area (Å²) in [5, 5.41) is 5.85. The van der Waals surface area contributed by atoms with E-state index in [0.29, 0.717) is 0 Å². The van der Waals surface area contributed by atoms with Gasteiger partial charge < -0.3 is 0 Å². The minimum absolute atomic E-state index is 0.370. The second-order valence-electron chi connectivity index (χ2n) is 0.420. The summed E-state index contributed by atoms with van der Waals surface area (Å²) in [6.07, 6.45) is 0. The minimum atomic E-state index is -0.370. The van der Waals surface area contributed by atoms with Crippen molar-refractivity contribution in [2.45, 2.75) is 0 Å². The van der Waals surface area contributed by atoms with Crippen LogP contribution in [0, 0.1) is 12.0 Å². The van der Waals surface area contributed by atoms with E-state index < -0.39 is 0 Å². The van der Waals surface area contributed by atoms with E-state index in [0.717, 1.165) is 0 Å². The molecule has 0 bridgehead atoms. The normalized spacial score (nSPS) is 5.60. The standard InChI is InChI=1S/C2H2ClN2/c1-5-2(3)4/h1,4H/q+1. The highest BCUT2D eigenvalue weighted by molar-refractivity contribution is 6.66. The molecular formula is C2H2ClN2+. The quantitative estimate of drug-likeness (QED) is 0.262. The number of rotatable bonds is 0. The zero-order valence-electron chi connectivity index (χ0n) is 2.40. The third-order valence-corrected chi connectivity index (χ3v) is 0.211. The van der Waals surface area contributed by atoms with E-state index in [4.69, 9.17) is 17.0 Å². The third-order valence-electron chi connectivity index (χ3n) is 0.113. The number of nitrogens with zero attached hydrogens (tertiary/aromatic N) is 1. The summed E-state index contributed by atoms with van der Waals surface area (Å²) in [6, 6.07) is 0. The van der Waals surface area contributed by atoms with Gasteiger partial charge in [0.25, 0.3) is 0 Å². The maximum Gasteiger partial charge on any atom is 0.491 e. The molecule has 0 unspecified atom stereocenters. The van der Waals surface area contributed by atoms with Crippen molar-refractivity contribution in [2.24, 2.45) is 0 Å². The fourth-order valence-corrected chi connectivity index (χ4v) is 0. The largest absolute Gasteiger partial charge is 0.491 e. The lowest BCUT2D eigenvalue weighted by Gasteiger charge is -1.45. The minimum Gasteiger partial charge on any atom is -0.145 e. The molecule has 0 aliphatic rings. The van der Waals surface area contributed by atoms with Crippen LogP contribution in [-0.4, -0.2) is 5.29 Å². The maximum atomic E-state index is 6.22. The Hall–Kier alpha value is -0.550. The van der Waals surface area contributed by atoms with Gasteiger partial charge >= 0.3 is 5.29 Å². The van der Waals surface area contributed by atoms with Gasteiger partial charge in [0, 0.05) is 11.6 Å². The van der Waals surface area contributed by atoms with Gasteiger partial charge in [-0.25, -0.2) is 0 Å². The Balaban J connectivity index is 3.35. The van der Waals surface area contributed by atoms with Crippen LogP contribution in [0.5, 0.6) is 0 Å². The first-order valence-electron chi connectivity index (χ1n) is 0.921. The van der Waals surface area contributed by atoms with Gasteiger partial charge in [-0.2, -0.15) is 0 Å². The fraction of sp³-hybridized carbons (Fsp3) is 0. The van der Waals surface area contributed by atoms with Crippen LogP contribution in [0.1, 0.15) is 0 Å². The average Bonchev–Trinajstić information content (AvgIpc) is 1.38. The Kier molecular flexibility index (Phi) is 1.55. The molecule has 0 atom stereocenters. The second kappa shape index (κ2) is 1.74. The molecule has 0 radical (unpaired) electrons. The molecule has 0 aromatic rings. The van der Waals surface area contributed by atoms with Gasteiger partial charge in [0.05, 0.1) is 0 Å². The van der Waals surface area contributed by atoms with Crippen LogP contribution < -0.4 is 0 Å². The van der Waals surface area contributed by atoms with Crippen molar-refractivity contribution in [3.8, 4) is 6.57 Å². The topological polar surface area (TPSA) is 28.2 Å². The molecule has 0 aliphatic heterocycles. The molecule has 0 aromatic carbocycles. The van der Waals surface area contributed by atoms with Crippen molar-refractivity contribution >= 4 is 16.9 Å². The summed E-state index contributed by atoms with van der Waals surface area (Å²) in [4.78, 5) is 2.74. The molecular weight excluding hydrogens is 87.5 g/mol. The second-order valence-corrected chi connectivity index (χ2v) is 0.778. The molecule has 1 N–H and O–H groups in total. The first-order valence-corrected chi connectivity index (χ1v) is 1.30. The van der Waals surface area contributed by atoms with Crippen molar-refractivity contribution in [3.05, 3.63) is 4.85 Å². The molecule has 2 nitrogen and oxygen atoms in total. The molecule has 0 aromatic heterocycles. The van der Waals surface area contributed by atoms with E-state index in [9.17, 15) is 0 Å². The Labute approximate surface area is 34.7 Å². The van der Waals surface area contributed by atoms with E-state index in [1.54, 1.807) is 0 Å². The number of hydrogen-bond donors (Lipinski definition) is 1. The molecule has 0 amide bonds. The van der Waals surface area contributed by atoms with Gasteiger partial charge in [-0.3, -0.25) is 0 Å². The maximum absolute atomic E-state index is 6.22. The van der Waals surface area contributed by atoms with E-state index in [1.165, 1.54) is 0 Å². The summed E-state index contributed by atoms with van der Waals surface area (Å²) >= 11 is 4.75. The van der Waals surface area contributed by atoms with Crippen LogP contribution in [0.2, 0.25) is 0 Å². The summed E-state index contributed by atoms with van der Waals surface area (Å²) in [5.74, 6) is 0. The average molecular weight is 89.5 g/mol. The monoisotopic (exact) mass is 89.0 g/mol. The Morgan fingerprint density at radius 2 is 2.20 bits per heavy atom. The van der Waals surface area contributed by atoms with E-state index in [1.807, 2.05) is 0 Å². The predicted octanol–water partition coefficient (Wildman–Crippen LogP) is 1.12. The van der Waals surface area contributed by atoms with Crippen molar-refractivity contribution in [1.82, 2.24) is 0 Å². The predicted molar refractivity (Wildman–Crippen MR) is 21.9 cm³/mol. The Morgan fingerprint density at radius 3 is 2.20 bits per heavy atom. The third kappa shape index (κ3) is 3.45. The van der Waals surface area contributed by atoms with Crippen molar-refractivity contribution in [2.75, 3.05) is 0 Å².